The first-order chi connectivity index (χ1) is 9.19. The summed E-state index contributed by atoms with van der Waals surface area (Å²) in [7, 11) is 0. The Morgan fingerprint density at radius 3 is 2.15 bits per heavy atom. The Hall–Kier alpha value is -1.31. The average Bonchev–Trinajstić information content (AvgIpc) is 2.29. The SMILES string of the molecule is Cc1ccc(C(CCC(=O)OC(C)(C)C)C(C)C)cc1. The van der Waals surface area contributed by atoms with Crippen LogP contribution >= 0.6 is 0 Å². The van der Waals surface area contributed by atoms with Crippen molar-refractivity contribution in [2.24, 2.45) is 5.92 Å². The van der Waals surface area contributed by atoms with Crippen molar-refractivity contribution in [1.82, 2.24) is 0 Å². The van der Waals surface area contributed by atoms with Crippen LogP contribution in [0.1, 0.15) is 64.5 Å². The highest BCUT2D eigenvalue weighted by Crippen LogP contribution is 2.29. The molecule has 0 saturated heterocycles. The smallest absolute Gasteiger partial charge is 0.306 e. The molecule has 0 amide bonds. The van der Waals surface area contributed by atoms with Crippen molar-refractivity contribution < 1.29 is 9.53 Å². The first-order valence-electron chi connectivity index (χ1n) is 7.47. The van der Waals surface area contributed by atoms with Crippen LogP contribution in [-0.4, -0.2) is 11.6 Å². The number of esters is 1. The number of benzene rings is 1. The maximum absolute atomic E-state index is 11.8. The third-order valence-electron chi connectivity index (χ3n) is 3.39. The van der Waals surface area contributed by atoms with Gasteiger partial charge in [0.25, 0.3) is 0 Å². The summed E-state index contributed by atoms with van der Waals surface area (Å²) in [6.45, 7) is 12.2. The van der Waals surface area contributed by atoms with Gasteiger partial charge in [0.1, 0.15) is 5.60 Å². The van der Waals surface area contributed by atoms with Crippen molar-refractivity contribution in [3.05, 3.63) is 35.4 Å². The molecule has 0 heterocycles. The fourth-order valence-electron chi connectivity index (χ4n) is 2.36. The van der Waals surface area contributed by atoms with Crippen molar-refractivity contribution in [3.63, 3.8) is 0 Å². The van der Waals surface area contributed by atoms with Gasteiger partial charge in [0.15, 0.2) is 0 Å². The Balaban J connectivity index is 2.65. The van der Waals surface area contributed by atoms with Gasteiger partial charge in [-0.1, -0.05) is 43.7 Å². The van der Waals surface area contributed by atoms with E-state index >= 15 is 0 Å². The van der Waals surface area contributed by atoms with E-state index in [0.717, 1.165) is 6.42 Å². The van der Waals surface area contributed by atoms with E-state index in [1.54, 1.807) is 0 Å². The number of aryl methyl sites for hydroxylation is 1. The Morgan fingerprint density at radius 1 is 1.15 bits per heavy atom. The maximum Gasteiger partial charge on any atom is 0.306 e. The quantitative estimate of drug-likeness (QED) is 0.718. The molecule has 112 valence electrons. The van der Waals surface area contributed by atoms with Gasteiger partial charge in [-0.3, -0.25) is 4.79 Å². The lowest BCUT2D eigenvalue weighted by Gasteiger charge is -2.23. The van der Waals surface area contributed by atoms with Gasteiger partial charge >= 0.3 is 5.97 Å². The minimum atomic E-state index is -0.395. The molecule has 0 bridgehead atoms. The molecule has 0 aliphatic carbocycles. The highest BCUT2D eigenvalue weighted by atomic mass is 16.6. The highest BCUT2D eigenvalue weighted by Gasteiger charge is 2.20. The Morgan fingerprint density at radius 2 is 1.70 bits per heavy atom. The standard InChI is InChI=1S/C18H28O2/c1-13(2)16(15-9-7-14(3)8-10-15)11-12-17(19)20-18(4,5)6/h7-10,13,16H,11-12H2,1-6H3. The molecule has 0 aliphatic rings. The van der Waals surface area contributed by atoms with Gasteiger partial charge in [-0.2, -0.15) is 0 Å². The van der Waals surface area contributed by atoms with E-state index in [0.29, 0.717) is 18.3 Å². The predicted molar refractivity (Wildman–Crippen MR) is 83.8 cm³/mol. The Bertz CT molecular complexity index is 424. The third-order valence-corrected chi connectivity index (χ3v) is 3.39. The highest BCUT2D eigenvalue weighted by molar-refractivity contribution is 5.69. The molecule has 0 aliphatic heterocycles. The topological polar surface area (TPSA) is 26.3 Å². The lowest BCUT2D eigenvalue weighted by atomic mass is 9.84. The number of hydrogen-bond acceptors (Lipinski definition) is 2. The second-order valence-electron chi connectivity index (χ2n) is 6.89. The number of ether oxygens (including phenoxy) is 1. The van der Waals surface area contributed by atoms with E-state index in [2.05, 4.69) is 45.0 Å². The van der Waals surface area contributed by atoms with Crippen molar-refractivity contribution in [2.45, 2.75) is 65.9 Å². The summed E-state index contributed by atoms with van der Waals surface area (Å²) < 4.78 is 5.38. The molecular formula is C18H28O2. The molecule has 0 radical (unpaired) electrons. The van der Waals surface area contributed by atoms with E-state index in [1.165, 1.54) is 11.1 Å². The van der Waals surface area contributed by atoms with Gasteiger partial charge in [-0.25, -0.2) is 0 Å². The van der Waals surface area contributed by atoms with Crippen LogP contribution in [0.15, 0.2) is 24.3 Å². The summed E-state index contributed by atoms with van der Waals surface area (Å²) in [5.41, 5.74) is 2.19. The van der Waals surface area contributed by atoms with Gasteiger partial charge < -0.3 is 4.74 Å². The maximum atomic E-state index is 11.8. The van der Waals surface area contributed by atoms with Crippen LogP contribution in [0, 0.1) is 12.8 Å². The third kappa shape index (κ3) is 5.77. The van der Waals surface area contributed by atoms with Crippen LogP contribution in [-0.2, 0) is 9.53 Å². The van der Waals surface area contributed by atoms with Crippen LogP contribution in [0.4, 0.5) is 0 Å². The molecule has 1 unspecified atom stereocenters. The van der Waals surface area contributed by atoms with E-state index in [4.69, 9.17) is 4.74 Å². The van der Waals surface area contributed by atoms with E-state index < -0.39 is 5.60 Å². The molecule has 0 saturated carbocycles. The van der Waals surface area contributed by atoms with Crippen LogP contribution in [0.25, 0.3) is 0 Å². The molecule has 2 nitrogen and oxygen atoms in total. The fraction of sp³-hybridized carbons (Fsp3) is 0.611. The molecule has 2 heteroatoms. The zero-order valence-electron chi connectivity index (χ0n) is 13.7. The second-order valence-corrected chi connectivity index (χ2v) is 6.89. The largest absolute Gasteiger partial charge is 0.460 e. The number of carbonyl (C=O) groups is 1. The van der Waals surface area contributed by atoms with E-state index in [-0.39, 0.29) is 5.97 Å². The summed E-state index contributed by atoms with van der Waals surface area (Å²) in [6, 6.07) is 8.63. The van der Waals surface area contributed by atoms with Crippen molar-refractivity contribution in [1.29, 1.82) is 0 Å². The van der Waals surface area contributed by atoms with Gasteiger partial charge in [0.2, 0.25) is 0 Å². The molecule has 1 aromatic rings. The zero-order valence-corrected chi connectivity index (χ0v) is 13.7. The second kappa shape index (κ2) is 6.92. The van der Waals surface area contributed by atoms with Crippen LogP contribution in [0.2, 0.25) is 0 Å². The molecule has 20 heavy (non-hydrogen) atoms. The van der Waals surface area contributed by atoms with Gasteiger partial charge in [-0.05, 0) is 51.5 Å². The summed E-state index contributed by atoms with van der Waals surface area (Å²) in [4.78, 5) is 11.8. The molecule has 1 rings (SSSR count). The van der Waals surface area contributed by atoms with Crippen LogP contribution in [0.5, 0.6) is 0 Å². The van der Waals surface area contributed by atoms with Crippen LogP contribution < -0.4 is 0 Å². The predicted octanol–water partition coefficient (Wildman–Crippen LogP) is 4.86. The lowest BCUT2D eigenvalue weighted by Crippen LogP contribution is -2.24. The van der Waals surface area contributed by atoms with Crippen molar-refractivity contribution in [2.75, 3.05) is 0 Å². The zero-order chi connectivity index (χ0) is 15.3. The van der Waals surface area contributed by atoms with E-state index in [9.17, 15) is 4.79 Å². The molecule has 0 aromatic heterocycles. The summed E-state index contributed by atoms with van der Waals surface area (Å²) in [5.74, 6) is 0.818. The number of rotatable bonds is 5. The summed E-state index contributed by atoms with van der Waals surface area (Å²) in [6.07, 6.45) is 1.32. The molecule has 0 spiro atoms. The van der Waals surface area contributed by atoms with Gasteiger partial charge in [0.05, 0.1) is 0 Å². The number of carbonyl (C=O) groups excluding carboxylic acids is 1. The average molecular weight is 276 g/mol. The molecule has 0 fully saturated rings. The minimum absolute atomic E-state index is 0.102. The monoisotopic (exact) mass is 276 g/mol. The van der Waals surface area contributed by atoms with Gasteiger partial charge in [0, 0.05) is 6.42 Å². The van der Waals surface area contributed by atoms with Crippen molar-refractivity contribution in [3.8, 4) is 0 Å². The van der Waals surface area contributed by atoms with E-state index in [1.807, 2.05) is 20.8 Å². The van der Waals surface area contributed by atoms with Crippen molar-refractivity contribution >= 4 is 5.97 Å². The molecule has 1 atom stereocenters. The summed E-state index contributed by atoms with van der Waals surface area (Å²) >= 11 is 0. The first kappa shape index (κ1) is 16.7. The molecule has 1 aromatic carbocycles. The lowest BCUT2D eigenvalue weighted by molar-refractivity contribution is -0.155. The number of hydrogen-bond donors (Lipinski definition) is 0. The fourth-order valence-corrected chi connectivity index (χ4v) is 2.36. The first-order valence-corrected chi connectivity index (χ1v) is 7.47. The Kier molecular flexibility index (Phi) is 5.79. The Labute approximate surface area is 123 Å². The van der Waals surface area contributed by atoms with Crippen LogP contribution in [0.3, 0.4) is 0 Å². The molecule has 0 N–H and O–H groups in total. The minimum Gasteiger partial charge on any atom is -0.460 e. The summed E-state index contributed by atoms with van der Waals surface area (Å²) in [5, 5.41) is 0. The van der Waals surface area contributed by atoms with Gasteiger partial charge in [-0.15, -0.1) is 0 Å². The normalized spacial score (nSPS) is 13.3. The molecular weight excluding hydrogens is 248 g/mol.